The summed E-state index contributed by atoms with van der Waals surface area (Å²) in [5.74, 6) is 1.01. The normalized spacial score (nSPS) is 17.1. The highest BCUT2D eigenvalue weighted by molar-refractivity contribution is 7.89. The van der Waals surface area contributed by atoms with E-state index >= 15 is 0 Å². The van der Waals surface area contributed by atoms with Crippen LogP contribution in [0.15, 0.2) is 47.4 Å². The van der Waals surface area contributed by atoms with Gasteiger partial charge in [-0.05, 0) is 24.3 Å². The second kappa shape index (κ2) is 6.52. The van der Waals surface area contributed by atoms with Gasteiger partial charge in [0.05, 0.1) is 16.1 Å². The Labute approximate surface area is 152 Å². The van der Waals surface area contributed by atoms with E-state index in [4.69, 9.17) is 9.47 Å². The van der Waals surface area contributed by atoms with Crippen molar-refractivity contribution in [2.75, 3.05) is 37.9 Å². The zero-order valence-corrected chi connectivity index (χ0v) is 14.8. The van der Waals surface area contributed by atoms with Gasteiger partial charge in [-0.2, -0.15) is 9.57 Å². The van der Waals surface area contributed by atoms with Gasteiger partial charge in [-0.1, -0.05) is 12.1 Å². The van der Waals surface area contributed by atoms with Crippen molar-refractivity contribution < 1.29 is 17.9 Å². The van der Waals surface area contributed by atoms with E-state index in [0.29, 0.717) is 43.2 Å². The van der Waals surface area contributed by atoms with Gasteiger partial charge in [0.1, 0.15) is 6.07 Å². The maximum absolute atomic E-state index is 12.9. The second-order valence-corrected chi connectivity index (χ2v) is 7.97. The molecule has 8 heteroatoms. The highest BCUT2D eigenvalue weighted by atomic mass is 32.2. The molecule has 0 unspecified atom stereocenters. The van der Waals surface area contributed by atoms with Gasteiger partial charge in [0, 0.05) is 32.2 Å². The number of hydrogen-bond donors (Lipinski definition) is 0. The molecule has 2 heterocycles. The van der Waals surface area contributed by atoms with E-state index < -0.39 is 10.0 Å². The number of anilines is 1. The van der Waals surface area contributed by atoms with Crippen LogP contribution in [0, 0.1) is 11.3 Å². The first kappa shape index (κ1) is 16.7. The van der Waals surface area contributed by atoms with Crippen molar-refractivity contribution in [1.82, 2.24) is 4.31 Å². The summed E-state index contributed by atoms with van der Waals surface area (Å²) in [4.78, 5) is 2.25. The number of benzene rings is 2. The van der Waals surface area contributed by atoms with E-state index in [1.807, 2.05) is 23.1 Å². The first-order chi connectivity index (χ1) is 12.6. The number of rotatable bonds is 3. The standard InChI is InChI=1S/C18H17N3O4S/c19-12-14-3-1-2-4-16(14)20-7-9-21(10-8-20)26(22,23)15-5-6-17-18(11-15)25-13-24-17/h1-6,11H,7-10,13H2. The zero-order chi connectivity index (χ0) is 18.1. The third-order valence-electron chi connectivity index (χ3n) is 4.59. The summed E-state index contributed by atoms with van der Waals surface area (Å²) >= 11 is 0. The highest BCUT2D eigenvalue weighted by Crippen LogP contribution is 2.35. The molecule has 0 bridgehead atoms. The van der Waals surface area contributed by atoms with Crippen molar-refractivity contribution in [3.05, 3.63) is 48.0 Å². The molecule has 2 aromatic rings. The van der Waals surface area contributed by atoms with Gasteiger partial charge in [0.25, 0.3) is 0 Å². The number of ether oxygens (including phenoxy) is 2. The van der Waals surface area contributed by atoms with Crippen LogP contribution in [0.4, 0.5) is 5.69 Å². The Hall–Kier alpha value is -2.76. The Kier molecular flexibility index (Phi) is 4.18. The largest absolute Gasteiger partial charge is 0.454 e. The quantitative estimate of drug-likeness (QED) is 0.818. The first-order valence-corrected chi connectivity index (χ1v) is 9.67. The smallest absolute Gasteiger partial charge is 0.243 e. The van der Waals surface area contributed by atoms with Gasteiger partial charge in [0.2, 0.25) is 16.8 Å². The molecular formula is C18H17N3O4S. The molecule has 0 aliphatic carbocycles. The van der Waals surface area contributed by atoms with Crippen molar-refractivity contribution in [2.24, 2.45) is 0 Å². The van der Waals surface area contributed by atoms with E-state index in [1.165, 1.54) is 10.4 Å². The van der Waals surface area contributed by atoms with Crippen molar-refractivity contribution in [1.29, 1.82) is 5.26 Å². The van der Waals surface area contributed by atoms with Crippen molar-refractivity contribution in [3.8, 4) is 17.6 Å². The molecule has 7 nitrogen and oxygen atoms in total. The predicted octanol–water partition coefficient (Wildman–Crippen LogP) is 1.80. The third kappa shape index (κ3) is 2.85. The summed E-state index contributed by atoms with van der Waals surface area (Å²) in [6, 6.07) is 14.2. The number of hydrogen-bond acceptors (Lipinski definition) is 6. The molecule has 2 aliphatic rings. The molecule has 0 amide bonds. The van der Waals surface area contributed by atoms with E-state index in [0.717, 1.165) is 5.69 Å². The number of nitriles is 1. The van der Waals surface area contributed by atoms with Crippen LogP contribution in [-0.4, -0.2) is 45.7 Å². The van der Waals surface area contributed by atoms with E-state index in [-0.39, 0.29) is 11.7 Å². The summed E-state index contributed by atoms with van der Waals surface area (Å²) in [5.41, 5.74) is 1.44. The zero-order valence-electron chi connectivity index (χ0n) is 14.0. The van der Waals surface area contributed by atoms with Crippen LogP contribution in [0.2, 0.25) is 0 Å². The average Bonchev–Trinajstić information content (AvgIpc) is 3.16. The Morgan fingerprint density at radius 3 is 2.46 bits per heavy atom. The molecule has 1 fully saturated rings. The minimum Gasteiger partial charge on any atom is -0.454 e. The molecule has 0 N–H and O–H groups in total. The minimum absolute atomic E-state index is 0.107. The summed E-state index contributed by atoms with van der Waals surface area (Å²) in [6.45, 7) is 1.88. The SMILES string of the molecule is N#Cc1ccccc1N1CCN(S(=O)(=O)c2ccc3c(c2)OCO3)CC1. The Morgan fingerprint density at radius 2 is 1.69 bits per heavy atom. The topological polar surface area (TPSA) is 82.9 Å². The average molecular weight is 371 g/mol. The number of piperazine rings is 1. The van der Waals surface area contributed by atoms with Crippen molar-refractivity contribution >= 4 is 15.7 Å². The molecule has 0 atom stereocenters. The Balaban J connectivity index is 1.51. The summed E-state index contributed by atoms with van der Waals surface area (Å²) in [5, 5.41) is 9.25. The fourth-order valence-corrected chi connectivity index (χ4v) is 4.64. The maximum atomic E-state index is 12.9. The lowest BCUT2D eigenvalue weighted by molar-refractivity contribution is 0.174. The second-order valence-electron chi connectivity index (χ2n) is 6.04. The van der Waals surface area contributed by atoms with Crippen molar-refractivity contribution in [3.63, 3.8) is 0 Å². The highest BCUT2D eigenvalue weighted by Gasteiger charge is 2.30. The molecule has 0 aromatic heterocycles. The van der Waals surface area contributed by atoms with E-state index in [2.05, 4.69) is 6.07 Å². The molecule has 1 saturated heterocycles. The van der Waals surface area contributed by atoms with Crippen LogP contribution in [-0.2, 0) is 10.0 Å². The number of para-hydroxylation sites is 1. The number of sulfonamides is 1. The molecule has 2 aliphatic heterocycles. The van der Waals surface area contributed by atoms with Gasteiger partial charge in [-0.3, -0.25) is 0 Å². The van der Waals surface area contributed by atoms with Gasteiger partial charge in [0.15, 0.2) is 11.5 Å². The molecule has 0 radical (unpaired) electrons. The van der Waals surface area contributed by atoms with E-state index in [1.54, 1.807) is 18.2 Å². The maximum Gasteiger partial charge on any atom is 0.243 e. The van der Waals surface area contributed by atoms with E-state index in [9.17, 15) is 13.7 Å². The van der Waals surface area contributed by atoms with Gasteiger partial charge < -0.3 is 14.4 Å². The third-order valence-corrected chi connectivity index (χ3v) is 6.48. The van der Waals surface area contributed by atoms with Gasteiger partial charge >= 0.3 is 0 Å². The fraction of sp³-hybridized carbons (Fsp3) is 0.278. The summed E-state index contributed by atoms with van der Waals surface area (Å²) < 4.78 is 37.8. The molecule has 2 aromatic carbocycles. The van der Waals surface area contributed by atoms with Gasteiger partial charge in [-0.25, -0.2) is 8.42 Å². The number of fused-ring (bicyclic) bond motifs is 1. The molecular weight excluding hydrogens is 354 g/mol. The summed E-state index contributed by atoms with van der Waals surface area (Å²) in [7, 11) is -3.60. The van der Waals surface area contributed by atoms with Crippen LogP contribution >= 0.6 is 0 Å². The Bertz CT molecular complexity index is 976. The Morgan fingerprint density at radius 1 is 0.962 bits per heavy atom. The molecule has 0 saturated carbocycles. The number of nitrogens with zero attached hydrogens (tertiary/aromatic N) is 3. The lowest BCUT2D eigenvalue weighted by Crippen LogP contribution is -2.48. The van der Waals surface area contributed by atoms with Crippen LogP contribution < -0.4 is 14.4 Å². The fourth-order valence-electron chi connectivity index (χ4n) is 3.20. The van der Waals surface area contributed by atoms with Crippen LogP contribution in [0.3, 0.4) is 0 Å². The molecule has 134 valence electrons. The van der Waals surface area contributed by atoms with Crippen molar-refractivity contribution in [2.45, 2.75) is 4.90 Å². The van der Waals surface area contributed by atoms with Crippen LogP contribution in [0.25, 0.3) is 0 Å². The molecule has 0 spiro atoms. The summed E-state index contributed by atoms with van der Waals surface area (Å²) in [6.07, 6.45) is 0. The van der Waals surface area contributed by atoms with Gasteiger partial charge in [-0.15, -0.1) is 0 Å². The van der Waals surface area contributed by atoms with Crippen LogP contribution in [0.1, 0.15) is 5.56 Å². The lowest BCUT2D eigenvalue weighted by Gasteiger charge is -2.35. The lowest BCUT2D eigenvalue weighted by atomic mass is 10.1. The predicted molar refractivity (Wildman–Crippen MR) is 94.7 cm³/mol. The first-order valence-electron chi connectivity index (χ1n) is 8.23. The van der Waals surface area contributed by atoms with Crippen LogP contribution in [0.5, 0.6) is 11.5 Å². The monoisotopic (exact) mass is 371 g/mol. The minimum atomic E-state index is -3.60. The molecule has 4 rings (SSSR count). The molecule has 26 heavy (non-hydrogen) atoms.